The van der Waals surface area contributed by atoms with Gasteiger partial charge in [-0.1, -0.05) is 27.5 Å². The highest BCUT2D eigenvalue weighted by Crippen LogP contribution is 2.25. The van der Waals surface area contributed by atoms with E-state index in [4.69, 9.17) is 11.6 Å². The molecule has 0 aliphatic rings. The molecule has 1 aromatic carbocycles. The van der Waals surface area contributed by atoms with Gasteiger partial charge in [0.05, 0.1) is 10.7 Å². The third-order valence-corrected chi connectivity index (χ3v) is 2.70. The van der Waals surface area contributed by atoms with Gasteiger partial charge in [-0.05, 0) is 18.2 Å². The molecule has 1 amide bonds. The van der Waals surface area contributed by atoms with Crippen LogP contribution in [-0.2, 0) is 4.79 Å². The molecular formula is C10H12BrClN2O. The van der Waals surface area contributed by atoms with Crippen molar-refractivity contribution < 1.29 is 4.79 Å². The molecule has 1 aromatic rings. The number of benzene rings is 1. The SMILES string of the molecule is CNC(=O)CCNc1cc(Br)ccc1Cl. The number of anilines is 1. The van der Waals surface area contributed by atoms with E-state index in [1.807, 2.05) is 12.1 Å². The Labute approximate surface area is 102 Å². The van der Waals surface area contributed by atoms with Crippen molar-refractivity contribution in [2.45, 2.75) is 6.42 Å². The number of rotatable bonds is 4. The first-order valence-electron chi connectivity index (χ1n) is 4.53. The van der Waals surface area contributed by atoms with E-state index in [2.05, 4.69) is 26.6 Å². The van der Waals surface area contributed by atoms with Gasteiger partial charge in [0.15, 0.2) is 0 Å². The van der Waals surface area contributed by atoms with E-state index >= 15 is 0 Å². The van der Waals surface area contributed by atoms with E-state index in [0.29, 0.717) is 18.0 Å². The maximum atomic E-state index is 11.0. The van der Waals surface area contributed by atoms with Crippen molar-refractivity contribution in [3.05, 3.63) is 27.7 Å². The zero-order valence-electron chi connectivity index (χ0n) is 8.31. The largest absolute Gasteiger partial charge is 0.383 e. The second kappa shape index (κ2) is 5.98. The standard InChI is InChI=1S/C10H12BrClN2O/c1-13-10(15)4-5-14-9-6-7(11)2-3-8(9)12/h2-3,6,14H,4-5H2,1H3,(H,13,15). The summed E-state index contributed by atoms with van der Waals surface area (Å²) < 4.78 is 0.953. The lowest BCUT2D eigenvalue weighted by molar-refractivity contribution is -0.120. The highest BCUT2D eigenvalue weighted by Gasteiger charge is 2.01. The zero-order chi connectivity index (χ0) is 11.3. The summed E-state index contributed by atoms with van der Waals surface area (Å²) in [7, 11) is 1.62. The fraction of sp³-hybridized carbons (Fsp3) is 0.300. The summed E-state index contributed by atoms with van der Waals surface area (Å²) >= 11 is 9.31. The molecule has 0 fully saturated rings. The number of hydrogen-bond donors (Lipinski definition) is 2. The molecule has 0 saturated carbocycles. The predicted octanol–water partition coefficient (Wildman–Crippen LogP) is 2.65. The van der Waals surface area contributed by atoms with E-state index in [1.165, 1.54) is 0 Å². The molecule has 0 atom stereocenters. The lowest BCUT2D eigenvalue weighted by Crippen LogP contribution is -2.20. The number of nitrogens with one attached hydrogen (secondary N) is 2. The number of carbonyl (C=O) groups is 1. The third-order valence-electron chi connectivity index (χ3n) is 1.87. The lowest BCUT2D eigenvalue weighted by Gasteiger charge is -2.08. The van der Waals surface area contributed by atoms with Gasteiger partial charge in [0.1, 0.15) is 0 Å². The highest BCUT2D eigenvalue weighted by atomic mass is 79.9. The topological polar surface area (TPSA) is 41.1 Å². The van der Waals surface area contributed by atoms with Crippen LogP contribution in [-0.4, -0.2) is 19.5 Å². The maximum Gasteiger partial charge on any atom is 0.221 e. The molecule has 0 aliphatic heterocycles. The van der Waals surface area contributed by atoms with E-state index in [0.717, 1.165) is 10.2 Å². The predicted molar refractivity (Wildman–Crippen MR) is 66.3 cm³/mol. The van der Waals surface area contributed by atoms with E-state index in [-0.39, 0.29) is 5.91 Å². The summed E-state index contributed by atoms with van der Waals surface area (Å²) in [5.74, 6) is 0.00798. The van der Waals surface area contributed by atoms with Crippen molar-refractivity contribution >= 4 is 39.1 Å². The van der Waals surface area contributed by atoms with Gasteiger partial charge in [-0.3, -0.25) is 4.79 Å². The quantitative estimate of drug-likeness (QED) is 0.895. The Bertz CT molecular complexity index is 357. The number of hydrogen-bond acceptors (Lipinski definition) is 2. The first-order valence-corrected chi connectivity index (χ1v) is 5.70. The summed E-state index contributed by atoms with van der Waals surface area (Å²) in [6.07, 6.45) is 0.430. The number of carbonyl (C=O) groups excluding carboxylic acids is 1. The van der Waals surface area contributed by atoms with Crippen LogP contribution in [0.25, 0.3) is 0 Å². The van der Waals surface area contributed by atoms with Gasteiger partial charge in [-0.2, -0.15) is 0 Å². The minimum atomic E-state index is 0.00798. The minimum Gasteiger partial charge on any atom is -0.383 e. The van der Waals surface area contributed by atoms with Gasteiger partial charge >= 0.3 is 0 Å². The van der Waals surface area contributed by atoms with Crippen LogP contribution < -0.4 is 10.6 Å². The molecule has 0 unspecified atom stereocenters. The average molecular weight is 292 g/mol. The van der Waals surface area contributed by atoms with Gasteiger partial charge < -0.3 is 10.6 Å². The van der Waals surface area contributed by atoms with Crippen molar-refractivity contribution in [1.82, 2.24) is 5.32 Å². The molecule has 2 N–H and O–H groups in total. The molecule has 0 heterocycles. The summed E-state index contributed by atoms with van der Waals surface area (Å²) in [6, 6.07) is 5.55. The monoisotopic (exact) mass is 290 g/mol. The fourth-order valence-electron chi connectivity index (χ4n) is 1.07. The van der Waals surface area contributed by atoms with Crippen LogP contribution in [0.15, 0.2) is 22.7 Å². The van der Waals surface area contributed by atoms with Crippen LogP contribution in [0, 0.1) is 0 Å². The normalized spacial score (nSPS) is 9.80. The first kappa shape index (κ1) is 12.3. The van der Waals surface area contributed by atoms with Gasteiger partial charge in [-0.25, -0.2) is 0 Å². The Kier molecular flexibility index (Phi) is 4.91. The van der Waals surface area contributed by atoms with Crippen molar-refractivity contribution in [2.75, 3.05) is 18.9 Å². The second-order valence-electron chi connectivity index (χ2n) is 2.97. The summed E-state index contributed by atoms with van der Waals surface area (Å²) in [4.78, 5) is 11.0. The first-order chi connectivity index (χ1) is 7.13. The molecule has 0 aromatic heterocycles. The van der Waals surface area contributed by atoms with Crippen LogP contribution in [0.1, 0.15) is 6.42 Å². The molecule has 0 spiro atoms. The summed E-state index contributed by atoms with van der Waals surface area (Å²) in [6.45, 7) is 0.565. The Morgan fingerprint density at radius 3 is 2.93 bits per heavy atom. The van der Waals surface area contributed by atoms with Crippen LogP contribution in [0.3, 0.4) is 0 Å². The molecule has 5 heteroatoms. The Balaban J connectivity index is 2.50. The molecular weight excluding hydrogens is 279 g/mol. The van der Waals surface area contributed by atoms with Crippen molar-refractivity contribution in [3.8, 4) is 0 Å². The minimum absolute atomic E-state index is 0.00798. The molecule has 0 saturated heterocycles. The Morgan fingerprint density at radius 1 is 1.53 bits per heavy atom. The lowest BCUT2D eigenvalue weighted by atomic mass is 10.3. The van der Waals surface area contributed by atoms with Crippen LogP contribution >= 0.6 is 27.5 Å². The molecule has 0 radical (unpaired) electrons. The maximum absolute atomic E-state index is 11.0. The Morgan fingerprint density at radius 2 is 2.27 bits per heavy atom. The fourth-order valence-corrected chi connectivity index (χ4v) is 1.61. The third kappa shape index (κ3) is 4.10. The van der Waals surface area contributed by atoms with Crippen molar-refractivity contribution in [2.24, 2.45) is 0 Å². The van der Waals surface area contributed by atoms with Crippen LogP contribution in [0.2, 0.25) is 5.02 Å². The summed E-state index contributed by atoms with van der Waals surface area (Å²) in [5, 5.41) is 6.30. The number of amides is 1. The van der Waals surface area contributed by atoms with E-state index in [1.54, 1.807) is 13.1 Å². The van der Waals surface area contributed by atoms with Gasteiger partial charge in [0, 0.05) is 24.5 Å². The Hall–Kier alpha value is -0.740. The molecule has 3 nitrogen and oxygen atoms in total. The van der Waals surface area contributed by atoms with Crippen LogP contribution in [0.4, 0.5) is 5.69 Å². The average Bonchev–Trinajstić information content (AvgIpc) is 2.23. The van der Waals surface area contributed by atoms with Gasteiger partial charge in [-0.15, -0.1) is 0 Å². The summed E-state index contributed by atoms with van der Waals surface area (Å²) in [5.41, 5.74) is 0.829. The molecule has 0 aliphatic carbocycles. The van der Waals surface area contributed by atoms with Crippen molar-refractivity contribution in [1.29, 1.82) is 0 Å². The molecule has 82 valence electrons. The molecule has 15 heavy (non-hydrogen) atoms. The molecule has 1 rings (SSSR count). The highest BCUT2D eigenvalue weighted by molar-refractivity contribution is 9.10. The van der Waals surface area contributed by atoms with Gasteiger partial charge in [0.25, 0.3) is 0 Å². The molecule has 0 bridgehead atoms. The second-order valence-corrected chi connectivity index (χ2v) is 4.30. The smallest absolute Gasteiger partial charge is 0.221 e. The van der Waals surface area contributed by atoms with E-state index < -0.39 is 0 Å². The van der Waals surface area contributed by atoms with Gasteiger partial charge in [0.2, 0.25) is 5.91 Å². The number of halogens is 2. The van der Waals surface area contributed by atoms with E-state index in [9.17, 15) is 4.79 Å². The van der Waals surface area contributed by atoms with Crippen molar-refractivity contribution in [3.63, 3.8) is 0 Å². The van der Waals surface area contributed by atoms with Crippen LogP contribution in [0.5, 0.6) is 0 Å². The zero-order valence-corrected chi connectivity index (χ0v) is 10.7.